The lowest BCUT2D eigenvalue weighted by Gasteiger charge is -2.39. The number of H-pyrrole nitrogens is 1. The second-order valence-electron chi connectivity index (χ2n) is 9.20. The third-order valence-corrected chi connectivity index (χ3v) is 6.57. The third-order valence-electron chi connectivity index (χ3n) is 6.57. The Balaban J connectivity index is 1.57. The number of aromatic amines is 1. The average Bonchev–Trinajstić information content (AvgIpc) is 3.40. The minimum absolute atomic E-state index is 0.105. The number of hydrogen-bond acceptors (Lipinski definition) is 2. The molecule has 1 amide bonds. The molecule has 4 rings (SSSR count). The molecule has 2 heterocycles. The number of carbonyl (C=O) groups is 1. The summed E-state index contributed by atoms with van der Waals surface area (Å²) in [6.45, 7) is 2.05. The molecule has 1 N–H and O–H groups in total. The van der Waals surface area contributed by atoms with Crippen molar-refractivity contribution in [3.63, 3.8) is 0 Å². The minimum atomic E-state index is -4.94. The number of likely N-dealkylation sites (tertiary alicyclic amines) is 1. The van der Waals surface area contributed by atoms with Gasteiger partial charge in [-0.2, -0.15) is 26.3 Å². The lowest BCUT2D eigenvalue weighted by atomic mass is 9.87. The summed E-state index contributed by atoms with van der Waals surface area (Å²) >= 11 is 0. The van der Waals surface area contributed by atoms with Gasteiger partial charge in [-0.05, 0) is 60.9 Å². The number of halogens is 6. The van der Waals surface area contributed by atoms with Crippen molar-refractivity contribution in [2.45, 2.75) is 43.8 Å². The number of aromatic nitrogens is 1. The summed E-state index contributed by atoms with van der Waals surface area (Å²) in [6, 6.07) is 14.3. The molecule has 2 aromatic carbocycles. The summed E-state index contributed by atoms with van der Waals surface area (Å²) in [5.41, 5.74) is -1.36. The van der Waals surface area contributed by atoms with E-state index in [-0.39, 0.29) is 30.0 Å². The number of alkyl halides is 6. The number of nitrogens with one attached hydrogen (secondary N) is 1. The highest BCUT2D eigenvalue weighted by Crippen LogP contribution is 2.39. The molecule has 1 fully saturated rings. The first-order chi connectivity index (χ1) is 17.9. The van der Waals surface area contributed by atoms with Crippen molar-refractivity contribution in [2.75, 3.05) is 13.1 Å². The summed E-state index contributed by atoms with van der Waals surface area (Å²) in [7, 11) is 0. The molecule has 0 spiro atoms. The number of ether oxygens (including phenoxy) is 1. The van der Waals surface area contributed by atoms with Crippen LogP contribution in [0.1, 0.15) is 53.3 Å². The van der Waals surface area contributed by atoms with Crippen LogP contribution < -0.4 is 0 Å². The van der Waals surface area contributed by atoms with Crippen molar-refractivity contribution in [1.82, 2.24) is 9.88 Å². The van der Waals surface area contributed by atoms with Crippen LogP contribution in [0, 0.1) is 0 Å². The first kappa shape index (κ1) is 27.5. The first-order valence-corrected chi connectivity index (χ1v) is 12.0. The van der Waals surface area contributed by atoms with E-state index in [1.165, 1.54) is 13.0 Å². The van der Waals surface area contributed by atoms with Crippen molar-refractivity contribution in [3.8, 4) is 0 Å². The van der Waals surface area contributed by atoms with E-state index in [9.17, 15) is 31.1 Å². The molecule has 0 saturated carbocycles. The number of amides is 1. The van der Waals surface area contributed by atoms with Gasteiger partial charge in [0.2, 0.25) is 5.91 Å². The summed E-state index contributed by atoms with van der Waals surface area (Å²) in [4.78, 5) is 17.5. The number of piperidine rings is 1. The Bertz CT molecular complexity index is 1220. The largest absolute Gasteiger partial charge is 0.416 e. The predicted molar refractivity (Wildman–Crippen MR) is 130 cm³/mol. The molecule has 3 aromatic rings. The van der Waals surface area contributed by atoms with E-state index >= 15 is 0 Å². The smallest absolute Gasteiger partial charge is 0.370 e. The van der Waals surface area contributed by atoms with Gasteiger partial charge in [0.25, 0.3) is 0 Å². The van der Waals surface area contributed by atoms with E-state index in [0.29, 0.717) is 25.1 Å². The topological polar surface area (TPSA) is 45.3 Å². The van der Waals surface area contributed by atoms with E-state index in [1.54, 1.807) is 17.2 Å². The Labute approximate surface area is 215 Å². The van der Waals surface area contributed by atoms with E-state index in [1.807, 2.05) is 42.5 Å². The molecule has 1 aliphatic rings. The van der Waals surface area contributed by atoms with Crippen molar-refractivity contribution in [3.05, 3.63) is 101 Å². The molecule has 1 saturated heterocycles. The number of benzene rings is 2. The van der Waals surface area contributed by atoms with Gasteiger partial charge in [0, 0.05) is 37.0 Å². The predicted octanol–water partition coefficient (Wildman–Crippen LogP) is 7.23. The Kier molecular flexibility index (Phi) is 8.01. The van der Waals surface area contributed by atoms with Crippen molar-refractivity contribution >= 4 is 12.0 Å². The Hall–Kier alpha value is -3.53. The average molecular weight is 537 g/mol. The molecular weight excluding hydrogens is 510 g/mol. The summed E-state index contributed by atoms with van der Waals surface area (Å²) in [5.74, 6) is -0.539. The SMILES string of the molecule is C[C@@H](O[C@H]1CCN(C(=O)/C=C/c2ccc[nH]2)C[C@H]1c1ccccc1)c1cc(C(F)(F)F)cc(C(F)(F)F)c1. The highest BCUT2D eigenvalue weighted by Gasteiger charge is 2.38. The minimum Gasteiger partial charge on any atom is -0.370 e. The van der Waals surface area contributed by atoms with E-state index in [2.05, 4.69) is 4.98 Å². The molecule has 0 bridgehead atoms. The molecule has 1 aromatic heterocycles. The number of nitrogens with zero attached hydrogens (tertiary/aromatic N) is 1. The molecule has 0 aliphatic carbocycles. The fraction of sp³-hybridized carbons (Fsp3) is 0.321. The summed E-state index contributed by atoms with van der Waals surface area (Å²) in [6.07, 6.45) is -6.26. The van der Waals surface area contributed by atoms with Crippen LogP contribution >= 0.6 is 0 Å². The van der Waals surface area contributed by atoms with Gasteiger partial charge in [-0.3, -0.25) is 4.79 Å². The van der Waals surface area contributed by atoms with Gasteiger partial charge in [0.05, 0.1) is 23.3 Å². The molecule has 0 unspecified atom stereocenters. The van der Waals surface area contributed by atoms with Crippen LogP contribution in [0.3, 0.4) is 0 Å². The lowest BCUT2D eigenvalue weighted by Crippen LogP contribution is -2.45. The highest BCUT2D eigenvalue weighted by atomic mass is 19.4. The maximum Gasteiger partial charge on any atom is 0.416 e. The van der Waals surface area contributed by atoms with Gasteiger partial charge in [-0.1, -0.05) is 30.3 Å². The summed E-state index contributed by atoms with van der Waals surface area (Å²) in [5, 5.41) is 0. The maximum atomic E-state index is 13.4. The second-order valence-corrected chi connectivity index (χ2v) is 9.20. The molecule has 38 heavy (non-hydrogen) atoms. The van der Waals surface area contributed by atoms with Crippen molar-refractivity contribution in [2.24, 2.45) is 0 Å². The zero-order valence-electron chi connectivity index (χ0n) is 20.4. The molecule has 10 heteroatoms. The molecule has 0 radical (unpaired) electrons. The Morgan fingerprint density at radius 2 is 1.66 bits per heavy atom. The number of rotatable bonds is 6. The fourth-order valence-corrected chi connectivity index (χ4v) is 4.58. The van der Waals surface area contributed by atoms with Gasteiger partial charge in [0.15, 0.2) is 0 Å². The van der Waals surface area contributed by atoms with E-state index in [4.69, 9.17) is 4.74 Å². The zero-order chi connectivity index (χ0) is 27.5. The molecule has 4 nitrogen and oxygen atoms in total. The quantitative estimate of drug-likeness (QED) is 0.267. The van der Waals surface area contributed by atoms with Crippen LogP contribution in [0.15, 0.2) is 72.9 Å². The van der Waals surface area contributed by atoms with Gasteiger partial charge in [-0.25, -0.2) is 0 Å². The van der Waals surface area contributed by atoms with Gasteiger partial charge in [-0.15, -0.1) is 0 Å². The number of hydrogen-bond donors (Lipinski definition) is 1. The zero-order valence-corrected chi connectivity index (χ0v) is 20.4. The molecule has 202 valence electrons. The maximum absolute atomic E-state index is 13.4. The van der Waals surface area contributed by atoms with Crippen molar-refractivity contribution in [1.29, 1.82) is 0 Å². The van der Waals surface area contributed by atoms with Gasteiger partial charge >= 0.3 is 12.4 Å². The third kappa shape index (κ3) is 6.66. The van der Waals surface area contributed by atoms with Crippen LogP contribution in [-0.2, 0) is 21.9 Å². The second kappa shape index (κ2) is 11.1. The summed E-state index contributed by atoms with van der Waals surface area (Å²) < 4.78 is 86.3. The lowest BCUT2D eigenvalue weighted by molar-refractivity contribution is -0.143. The van der Waals surface area contributed by atoms with E-state index < -0.39 is 35.7 Å². The molecule has 3 atom stereocenters. The van der Waals surface area contributed by atoms with Gasteiger partial charge in [0.1, 0.15) is 0 Å². The first-order valence-electron chi connectivity index (χ1n) is 12.0. The fourth-order valence-electron chi connectivity index (χ4n) is 4.58. The van der Waals surface area contributed by atoms with Crippen LogP contribution in [-0.4, -0.2) is 35.0 Å². The highest BCUT2D eigenvalue weighted by molar-refractivity contribution is 5.91. The molecular formula is C28H26F6N2O2. The van der Waals surface area contributed by atoms with Gasteiger partial charge < -0.3 is 14.6 Å². The monoisotopic (exact) mass is 536 g/mol. The normalized spacial score (nSPS) is 19.6. The van der Waals surface area contributed by atoms with Crippen molar-refractivity contribution < 1.29 is 35.9 Å². The molecule has 1 aliphatic heterocycles. The number of carbonyl (C=O) groups excluding carboxylic acids is 1. The van der Waals surface area contributed by atoms with Crippen LogP contribution in [0.25, 0.3) is 6.08 Å². The Morgan fingerprint density at radius 1 is 1.00 bits per heavy atom. The van der Waals surface area contributed by atoms with Crippen LogP contribution in [0.2, 0.25) is 0 Å². The standard InChI is InChI=1S/C28H26F6N2O2/c1-18(20-14-21(27(29,30)31)16-22(15-20)28(32,33)34)38-25-11-13-36(17-24(25)19-6-3-2-4-7-19)26(37)10-9-23-8-5-12-35-23/h2-10,12,14-16,18,24-25,35H,11,13,17H2,1H3/b10-9+/t18-,24+,25+/m1/s1. The van der Waals surface area contributed by atoms with E-state index in [0.717, 1.165) is 11.3 Å². The van der Waals surface area contributed by atoms with Crippen LogP contribution in [0.5, 0.6) is 0 Å². The Morgan fingerprint density at radius 3 is 2.24 bits per heavy atom. The van der Waals surface area contributed by atoms with Crippen LogP contribution in [0.4, 0.5) is 26.3 Å².